The molecule has 0 amide bonds. The first kappa shape index (κ1) is 12.4. The van der Waals surface area contributed by atoms with Crippen molar-refractivity contribution < 1.29 is 4.39 Å². The summed E-state index contributed by atoms with van der Waals surface area (Å²) in [5, 5.41) is 2.14. The van der Waals surface area contributed by atoms with Crippen LogP contribution in [0.3, 0.4) is 0 Å². The van der Waals surface area contributed by atoms with E-state index in [0.29, 0.717) is 5.69 Å². The molecule has 1 heterocycles. The van der Waals surface area contributed by atoms with Gasteiger partial charge in [0, 0.05) is 21.5 Å². The van der Waals surface area contributed by atoms with E-state index in [1.165, 1.54) is 17.8 Å². The quantitative estimate of drug-likeness (QED) is 0.673. The monoisotopic (exact) mass is 292 g/mol. The van der Waals surface area contributed by atoms with Crippen molar-refractivity contribution in [3.63, 3.8) is 0 Å². The smallest absolute Gasteiger partial charge is 0.143 e. The molecule has 0 radical (unpaired) electrons. The maximum absolute atomic E-state index is 13.2. The topological polar surface area (TPSA) is 41.8 Å². The zero-order valence-electron chi connectivity index (χ0n) is 9.78. The minimum absolute atomic E-state index is 0.0767. The van der Waals surface area contributed by atoms with Crippen LogP contribution in [0.2, 0.25) is 5.02 Å². The number of H-pyrrole nitrogens is 1. The van der Waals surface area contributed by atoms with Crippen LogP contribution in [0.4, 0.5) is 10.1 Å². The Hall–Kier alpha value is -1.65. The lowest BCUT2D eigenvalue weighted by Gasteiger charge is -2.05. The van der Waals surface area contributed by atoms with E-state index in [0.717, 1.165) is 20.8 Å². The molecule has 3 aromatic rings. The first-order valence-electron chi connectivity index (χ1n) is 5.63. The fraction of sp³-hybridized carbons (Fsp3) is 0. The van der Waals surface area contributed by atoms with Gasteiger partial charge in [0.05, 0.1) is 10.0 Å². The Morgan fingerprint density at radius 1 is 1.16 bits per heavy atom. The molecule has 1 aromatic heterocycles. The summed E-state index contributed by atoms with van der Waals surface area (Å²) >= 11 is 7.21. The zero-order valence-corrected chi connectivity index (χ0v) is 11.4. The number of aromatic nitrogens is 1. The Bertz CT molecular complexity index is 721. The number of nitrogens with one attached hydrogen (secondary N) is 1. The molecule has 2 nitrogen and oxygen atoms in total. The second-order valence-electron chi connectivity index (χ2n) is 4.13. The number of hydrogen-bond acceptors (Lipinski definition) is 2. The lowest BCUT2D eigenvalue weighted by Crippen LogP contribution is -1.90. The van der Waals surface area contributed by atoms with Crippen LogP contribution in [0, 0.1) is 5.82 Å². The van der Waals surface area contributed by atoms with E-state index in [1.807, 2.05) is 30.3 Å². The Labute approximate surface area is 118 Å². The summed E-state index contributed by atoms with van der Waals surface area (Å²) in [4.78, 5) is 4.01. The zero-order chi connectivity index (χ0) is 13.4. The van der Waals surface area contributed by atoms with Crippen molar-refractivity contribution in [2.45, 2.75) is 9.92 Å². The molecular weight excluding hydrogens is 283 g/mol. The van der Waals surface area contributed by atoms with Crippen LogP contribution in [0.15, 0.2) is 52.4 Å². The predicted molar refractivity (Wildman–Crippen MR) is 78.2 cm³/mol. The fourth-order valence-corrected chi connectivity index (χ4v) is 3.02. The van der Waals surface area contributed by atoms with Gasteiger partial charge in [-0.2, -0.15) is 0 Å². The summed E-state index contributed by atoms with van der Waals surface area (Å²) in [6, 6.07) is 12.8. The Morgan fingerprint density at radius 2 is 1.95 bits per heavy atom. The maximum atomic E-state index is 13.2. The summed E-state index contributed by atoms with van der Waals surface area (Å²) in [7, 11) is 0. The van der Waals surface area contributed by atoms with Gasteiger partial charge in [0.25, 0.3) is 0 Å². The number of rotatable bonds is 2. The Morgan fingerprint density at radius 3 is 2.74 bits per heavy atom. The number of halogens is 2. The van der Waals surface area contributed by atoms with Crippen molar-refractivity contribution in [3.05, 3.63) is 53.3 Å². The molecule has 0 saturated carbocycles. The van der Waals surface area contributed by atoms with Gasteiger partial charge in [-0.1, -0.05) is 41.6 Å². The van der Waals surface area contributed by atoms with Crippen molar-refractivity contribution in [3.8, 4) is 0 Å². The lowest BCUT2D eigenvalue weighted by molar-refractivity contribution is 0.628. The van der Waals surface area contributed by atoms with Crippen molar-refractivity contribution in [1.82, 2.24) is 4.98 Å². The molecule has 0 bridgehead atoms. The summed E-state index contributed by atoms with van der Waals surface area (Å²) in [5.41, 5.74) is 7.23. The van der Waals surface area contributed by atoms with Gasteiger partial charge >= 0.3 is 0 Å². The van der Waals surface area contributed by atoms with Gasteiger partial charge in [-0.3, -0.25) is 0 Å². The third kappa shape index (κ3) is 2.41. The molecule has 0 unspecified atom stereocenters. The Kier molecular flexibility index (Phi) is 3.12. The van der Waals surface area contributed by atoms with Crippen LogP contribution < -0.4 is 5.73 Å². The summed E-state index contributed by atoms with van der Waals surface area (Å²) in [6.45, 7) is 0. The van der Waals surface area contributed by atoms with E-state index >= 15 is 0 Å². The molecule has 0 saturated heterocycles. The molecule has 5 heteroatoms. The van der Waals surface area contributed by atoms with Gasteiger partial charge in [-0.05, 0) is 24.3 Å². The third-order valence-electron chi connectivity index (χ3n) is 2.78. The van der Waals surface area contributed by atoms with Crippen LogP contribution in [0.5, 0.6) is 0 Å². The maximum Gasteiger partial charge on any atom is 0.143 e. The molecule has 0 aliphatic rings. The number of fused-ring (bicyclic) bond motifs is 1. The van der Waals surface area contributed by atoms with Crippen LogP contribution in [0.1, 0.15) is 0 Å². The van der Waals surface area contributed by atoms with E-state index < -0.39 is 5.82 Å². The van der Waals surface area contributed by atoms with Gasteiger partial charge in [-0.25, -0.2) is 4.39 Å². The van der Waals surface area contributed by atoms with Gasteiger partial charge in [0.2, 0.25) is 0 Å². The molecule has 0 fully saturated rings. The number of anilines is 1. The number of nitrogens with two attached hydrogens (primary N) is 1. The molecule has 96 valence electrons. The van der Waals surface area contributed by atoms with Crippen LogP contribution in [0.25, 0.3) is 10.9 Å². The molecule has 19 heavy (non-hydrogen) atoms. The molecule has 3 rings (SSSR count). The SMILES string of the molecule is Nc1cc(F)c(Cl)cc1Sc1cc2ccccc2[nH]1. The average Bonchev–Trinajstić information content (AvgIpc) is 2.78. The number of para-hydroxylation sites is 1. The highest BCUT2D eigenvalue weighted by atomic mass is 35.5. The highest BCUT2D eigenvalue weighted by Gasteiger charge is 2.09. The first-order valence-corrected chi connectivity index (χ1v) is 6.83. The molecule has 0 atom stereocenters. The van der Waals surface area contributed by atoms with Crippen LogP contribution >= 0.6 is 23.4 Å². The minimum Gasteiger partial charge on any atom is -0.398 e. The summed E-state index contributed by atoms with van der Waals surface area (Å²) in [5.74, 6) is -0.500. The lowest BCUT2D eigenvalue weighted by atomic mass is 10.3. The van der Waals surface area contributed by atoms with Gasteiger partial charge in [0.1, 0.15) is 5.82 Å². The second kappa shape index (κ2) is 4.79. The Balaban J connectivity index is 1.98. The second-order valence-corrected chi connectivity index (χ2v) is 5.62. The molecular formula is C14H10ClFN2S. The largest absolute Gasteiger partial charge is 0.398 e. The van der Waals surface area contributed by atoms with Gasteiger partial charge < -0.3 is 10.7 Å². The van der Waals surface area contributed by atoms with E-state index in [1.54, 1.807) is 6.07 Å². The highest BCUT2D eigenvalue weighted by Crippen LogP contribution is 2.35. The minimum atomic E-state index is -0.500. The molecule has 2 aromatic carbocycles. The molecule has 3 N–H and O–H groups in total. The van der Waals surface area contributed by atoms with Crippen molar-refractivity contribution in [1.29, 1.82) is 0 Å². The van der Waals surface area contributed by atoms with E-state index in [-0.39, 0.29) is 5.02 Å². The normalized spacial score (nSPS) is 11.1. The van der Waals surface area contributed by atoms with Crippen molar-refractivity contribution >= 4 is 40.0 Å². The molecule has 0 spiro atoms. The molecule has 0 aliphatic carbocycles. The fourth-order valence-electron chi connectivity index (χ4n) is 1.85. The highest BCUT2D eigenvalue weighted by molar-refractivity contribution is 7.99. The standard InChI is InChI=1S/C14H10ClFN2S/c15-9-6-13(11(17)7-10(9)16)19-14-5-8-3-1-2-4-12(8)18-14/h1-7,18H,17H2. The number of benzene rings is 2. The summed E-state index contributed by atoms with van der Waals surface area (Å²) in [6.07, 6.45) is 0. The van der Waals surface area contributed by atoms with Crippen LogP contribution in [-0.4, -0.2) is 4.98 Å². The number of hydrogen-bond donors (Lipinski definition) is 2. The van der Waals surface area contributed by atoms with E-state index in [2.05, 4.69) is 4.98 Å². The number of aromatic amines is 1. The first-order chi connectivity index (χ1) is 9.13. The third-order valence-corrected chi connectivity index (χ3v) is 4.08. The van der Waals surface area contributed by atoms with E-state index in [9.17, 15) is 4.39 Å². The average molecular weight is 293 g/mol. The van der Waals surface area contributed by atoms with Crippen molar-refractivity contribution in [2.75, 3.05) is 5.73 Å². The van der Waals surface area contributed by atoms with Crippen LogP contribution in [-0.2, 0) is 0 Å². The summed E-state index contributed by atoms with van der Waals surface area (Å²) < 4.78 is 13.2. The predicted octanol–water partition coefficient (Wildman–Crippen LogP) is 4.69. The van der Waals surface area contributed by atoms with Gasteiger partial charge in [0.15, 0.2) is 0 Å². The molecule has 0 aliphatic heterocycles. The van der Waals surface area contributed by atoms with E-state index in [4.69, 9.17) is 17.3 Å². The number of nitrogen functional groups attached to an aromatic ring is 1. The van der Waals surface area contributed by atoms with Crippen molar-refractivity contribution in [2.24, 2.45) is 0 Å². The van der Waals surface area contributed by atoms with Gasteiger partial charge in [-0.15, -0.1) is 0 Å².